The third kappa shape index (κ3) is 3.16. The number of para-hydroxylation sites is 2. The highest BCUT2D eigenvalue weighted by Gasteiger charge is 2.17. The van der Waals surface area contributed by atoms with Gasteiger partial charge in [-0.2, -0.15) is 5.26 Å². The van der Waals surface area contributed by atoms with Gasteiger partial charge < -0.3 is 10.6 Å². The van der Waals surface area contributed by atoms with Crippen LogP contribution in [0.15, 0.2) is 24.3 Å². The number of hydrogen-bond acceptors (Lipinski definition) is 3. The molecule has 3 heteroatoms. The highest BCUT2D eigenvalue weighted by atomic mass is 15.1. The second kappa shape index (κ2) is 4.89. The molecule has 2 N–H and O–H groups in total. The van der Waals surface area contributed by atoms with Gasteiger partial charge in [0.25, 0.3) is 0 Å². The van der Waals surface area contributed by atoms with E-state index >= 15 is 0 Å². The maximum Gasteiger partial charge on any atom is 0.0684 e. The van der Waals surface area contributed by atoms with Crippen LogP contribution >= 0.6 is 0 Å². The van der Waals surface area contributed by atoms with Crippen LogP contribution in [0.1, 0.15) is 20.3 Å². The van der Waals surface area contributed by atoms with Gasteiger partial charge in [0.1, 0.15) is 0 Å². The topological polar surface area (TPSA) is 53.0 Å². The molecule has 0 heterocycles. The van der Waals surface area contributed by atoms with Crippen molar-refractivity contribution in [2.24, 2.45) is 5.41 Å². The van der Waals surface area contributed by atoms with Gasteiger partial charge >= 0.3 is 0 Å². The molecule has 1 rings (SSSR count). The van der Waals surface area contributed by atoms with E-state index in [1.54, 1.807) is 0 Å². The molecule has 16 heavy (non-hydrogen) atoms. The smallest absolute Gasteiger partial charge is 0.0684 e. The first-order chi connectivity index (χ1) is 7.46. The third-order valence-corrected chi connectivity index (χ3v) is 2.72. The molecule has 0 spiro atoms. The summed E-state index contributed by atoms with van der Waals surface area (Å²) in [5.41, 5.74) is 7.41. The van der Waals surface area contributed by atoms with Gasteiger partial charge in [0.05, 0.1) is 22.9 Å². The molecule has 0 fully saturated rings. The lowest BCUT2D eigenvalue weighted by Crippen LogP contribution is -2.24. The summed E-state index contributed by atoms with van der Waals surface area (Å²) in [5.74, 6) is 0. The first kappa shape index (κ1) is 12.4. The Morgan fingerprint density at radius 1 is 1.38 bits per heavy atom. The van der Waals surface area contributed by atoms with Crippen LogP contribution in [-0.4, -0.2) is 13.6 Å². The standard InChI is InChI=1S/C13H19N3/c1-13(2,10-14)8-9-16(3)12-7-5-4-6-11(12)15/h4-7H,8-9,15H2,1-3H3. The van der Waals surface area contributed by atoms with Gasteiger partial charge in [0, 0.05) is 13.6 Å². The highest BCUT2D eigenvalue weighted by molar-refractivity contribution is 5.66. The molecule has 3 nitrogen and oxygen atoms in total. The SMILES string of the molecule is CN(CCC(C)(C)C#N)c1ccccc1N. The maximum absolute atomic E-state index is 8.94. The van der Waals surface area contributed by atoms with Gasteiger partial charge in [-0.25, -0.2) is 0 Å². The summed E-state index contributed by atoms with van der Waals surface area (Å²) in [6.07, 6.45) is 0.828. The highest BCUT2D eigenvalue weighted by Crippen LogP contribution is 2.24. The molecule has 1 aromatic carbocycles. The average molecular weight is 217 g/mol. The number of nitrogens with zero attached hydrogens (tertiary/aromatic N) is 2. The monoisotopic (exact) mass is 217 g/mol. The summed E-state index contributed by atoms with van der Waals surface area (Å²) in [6.45, 7) is 4.74. The van der Waals surface area contributed by atoms with Crippen LogP contribution < -0.4 is 10.6 Å². The predicted molar refractivity (Wildman–Crippen MR) is 68.1 cm³/mol. The van der Waals surface area contributed by atoms with E-state index in [0.717, 1.165) is 24.3 Å². The third-order valence-electron chi connectivity index (χ3n) is 2.72. The minimum atomic E-state index is -0.280. The maximum atomic E-state index is 8.94. The van der Waals surface area contributed by atoms with Gasteiger partial charge in [-0.15, -0.1) is 0 Å². The molecular weight excluding hydrogens is 198 g/mol. The molecule has 0 saturated heterocycles. The zero-order valence-corrected chi connectivity index (χ0v) is 10.2. The lowest BCUT2D eigenvalue weighted by atomic mass is 9.91. The largest absolute Gasteiger partial charge is 0.397 e. The Kier molecular flexibility index (Phi) is 3.78. The summed E-state index contributed by atoms with van der Waals surface area (Å²) in [6, 6.07) is 10.1. The molecule has 0 aliphatic rings. The Morgan fingerprint density at radius 3 is 2.56 bits per heavy atom. The second-order valence-corrected chi connectivity index (χ2v) is 4.73. The Labute approximate surface area is 97.5 Å². The van der Waals surface area contributed by atoms with Crippen LogP contribution in [0.4, 0.5) is 11.4 Å². The number of rotatable bonds is 4. The van der Waals surface area contributed by atoms with Crippen LogP contribution in [0.25, 0.3) is 0 Å². The summed E-state index contributed by atoms with van der Waals surface area (Å²) < 4.78 is 0. The number of benzene rings is 1. The molecule has 0 aliphatic carbocycles. The van der Waals surface area contributed by atoms with Gasteiger partial charge in [-0.1, -0.05) is 12.1 Å². The lowest BCUT2D eigenvalue weighted by Gasteiger charge is -2.24. The summed E-state index contributed by atoms with van der Waals surface area (Å²) in [4.78, 5) is 2.09. The second-order valence-electron chi connectivity index (χ2n) is 4.73. The summed E-state index contributed by atoms with van der Waals surface area (Å²) in [7, 11) is 2.00. The molecule has 0 radical (unpaired) electrons. The number of anilines is 2. The van der Waals surface area contributed by atoms with Crippen molar-refractivity contribution in [2.75, 3.05) is 24.2 Å². The van der Waals surface area contributed by atoms with Crippen LogP contribution in [0.5, 0.6) is 0 Å². The Morgan fingerprint density at radius 2 is 2.00 bits per heavy atom. The molecule has 0 aliphatic heterocycles. The van der Waals surface area contributed by atoms with Crippen molar-refractivity contribution in [3.8, 4) is 6.07 Å². The minimum absolute atomic E-state index is 0.280. The molecule has 0 atom stereocenters. The van der Waals surface area contributed by atoms with E-state index in [1.165, 1.54) is 0 Å². The number of nitrogen functional groups attached to an aromatic ring is 1. The van der Waals surface area contributed by atoms with Crippen LogP contribution in [0.2, 0.25) is 0 Å². The Bertz CT molecular complexity index is 390. The van der Waals surface area contributed by atoms with Crippen molar-refractivity contribution in [1.29, 1.82) is 5.26 Å². The normalized spacial score (nSPS) is 10.9. The zero-order valence-electron chi connectivity index (χ0n) is 10.2. The number of nitrogens with two attached hydrogens (primary N) is 1. The first-order valence-electron chi connectivity index (χ1n) is 5.43. The van der Waals surface area contributed by atoms with E-state index in [-0.39, 0.29) is 5.41 Å². The summed E-state index contributed by atoms with van der Waals surface area (Å²) in [5, 5.41) is 8.94. The molecule has 86 valence electrons. The predicted octanol–water partition coefficient (Wildman–Crippen LogP) is 2.64. The van der Waals surface area contributed by atoms with Gasteiger partial charge in [-0.3, -0.25) is 0 Å². The average Bonchev–Trinajstić information content (AvgIpc) is 2.27. The molecule has 0 aromatic heterocycles. The lowest BCUT2D eigenvalue weighted by molar-refractivity contribution is 0.455. The molecule has 0 amide bonds. The van der Waals surface area contributed by atoms with Crippen molar-refractivity contribution in [3.63, 3.8) is 0 Å². The van der Waals surface area contributed by atoms with Crippen molar-refractivity contribution in [3.05, 3.63) is 24.3 Å². The van der Waals surface area contributed by atoms with Crippen molar-refractivity contribution in [2.45, 2.75) is 20.3 Å². The minimum Gasteiger partial charge on any atom is -0.397 e. The molecule has 0 bridgehead atoms. The van der Waals surface area contributed by atoms with Crippen molar-refractivity contribution in [1.82, 2.24) is 0 Å². The van der Waals surface area contributed by atoms with E-state index in [0.29, 0.717) is 0 Å². The van der Waals surface area contributed by atoms with Crippen molar-refractivity contribution < 1.29 is 0 Å². The number of hydrogen-bond donors (Lipinski definition) is 1. The molecular formula is C13H19N3. The molecule has 1 aromatic rings. The van der Waals surface area contributed by atoms with E-state index in [2.05, 4.69) is 11.0 Å². The number of nitriles is 1. The van der Waals surface area contributed by atoms with Gasteiger partial charge in [0.15, 0.2) is 0 Å². The van der Waals surface area contributed by atoms with Gasteiger partial charge in [0.2, 0.25) is 0 Å². The summed E-state index contributed by atoms with van der Waals surface area (Å²) >= 11 is 0. The molecule has 0 saturated carbocycles. The van der Waals surface area contributed by atoms with Crippen molar-refractivity contribution >= 4 is 11.4 Å². The fraction of sp³-hybridized carbons (Fsp3) is 0.462. The van der Waals surface area contributed by atoms with E-state index in [1.807, 2.05) is 45.2 Å². The Hall–Kier alpha value is -1.69. The molecule has 0 unspecified atom stereocenters. The zero-order chi connectivity index (χ0) is 12.2. The fourth-order valence-electron chi connectivity index (χ4n) is 1.46. The Balaban J connectivity index is 2.64. The van der Waals surface area contributed by atoms with Crippen LogP contribution in [-0.2, 0) is 0 Å². The fourth-order valence-corrected chi connectivity index (χ4v) is 1.46. The van der Waals surface area contributed by atoms with E-state index in [4.69, 9.17) is 11.0 Å². The van der Waals surface area contributed by atoms with Crippen LogP contribution in [0, 0.1) is 16.7 Å². The first-order valence-corrected chi connectivity index (χ1v) is 5.43. The quantitative estimate of drug-likeness (QED) is 0.789. The van der Waals surface area contributed by atoms with Gasteiger partial charge in [-0.05, 0) is 32.4 Å². The van der Waals surface area contributed by atoms with E-state index in [9.17, 15) is 0 Å². The van der Waals surface area contributed by atoms with E-state index < -0.39 is 0 Å². The van der Waals surface area contributed by atoms with Crippen LogP contribution in [0.3, 0.4) is 0 Å².